The predicted molar refractivity (Wildman–Crippen MR) is 150 cm³/mol. The largest absolute Gasteiger partial charge is 0.439 e. The molecule has 1 unspecified atom stereocenters. The Hall–Kier alpha value is -3.26. The molecule has 0 spiro atoms. The van der Waals surface area contributed by atoms with Crippen molar-refractivity contribution in [3.63, 3.8) is 0 Å². The normalized spacial score (nSPS) is 18.9. The summed E-state index contributed by atoms with van der Waals surface area (Å²) in [5.41, 5.74) is 1.09. The van der Waals surface area contributed by atoms with Crippen molar-refractivity contribution < 1.29 is 9.13 Å². The van der Waals surface area contributed by atoms with Crippen molar-refractivity contribution in [1.29, 1.82) is 0 Å². The molecule has 2 aliphatic rings. The molecule has 8 heteroatoms. The molecule has 3 aromatic rings. The van der Waals surface area contributed by atoms with E-state index >= 15 is 0 Å². The van der Waals surface area contributed by atoms with Gasteiger partial charge in [-0.2, -0.15) is 9.97 Å². The first-order valence-corrected chi connectivity index (χ1v) is 13.6. The number of aromatic nitrogens is 2. The number of rotatable bonds is 7. The van der Waals surface area contributed by atoms with Gasteiger partial charge in [-0.1, -0.05) is 43.2 Å². The van der Waals surface area contributed by atoms with Crippen LogP contribution in [0, 0.1) is 5.82 Å². The van der Waals surface area contributed by atoms with E-state index in [9.17, 15) is 4.39 Å². The van der Waals surface area contributed by atoms with Gasteiger partial charge >= 0.3 is 0 Å². The lowest BCUT2D eigenvalue weighted by molar-refractivity contribution is 0.434. The van der Waals surface area contributed by atoms with E-state index in [0.29, 0.717) is 35.3 Å². The van der Waals surface area contributed by atoms with Crippen LogP contribution in [0.25, 0.3) is 0 Å². The molecule has 6 nitrogen and oxygen atoms in total. The first-order chi connectivity index (χ1) is 18.0. The number of para-hydroxylation sites is 1. The molecule has 2 N–H and O–H groups in total. The van der Waals surface area contributed by atoms with Crippen LogP contribution in [0.15, 0.2) is 60.7 Å². The molecule has 1 aromatic heterocycles. The molecule has 2 fully saturated rings. The number of hydrogen-bond donors (Lipinski definition) is 2. The van der Waals surface area contributed by atoms with Gasteiger partial charge in [-0.05, 0) is 81.1 Å². The molecule has 1 aliphatic carbocycles. The summed E-state index contributed by atoms with van der Waals surface area (Å²) in [6.07, 6.45) is 7.89. The maximum Gasteiger partial charge on any atom is 0.234 e. The summed E-state index contributed by atoms with van der Waals surface area (Å²) in [7, 11) is 0. The average Bonchev–Trinajstić information content (AvgIpc) is 3.39. The highest BCUT2D eigenvalue weighted by Gasteiger charge is 2.35. The highest BCUT2D eigenvalue weighted by atomic mass is 32.1. The number of nitrogens with zero attached hydrogens (tertiary/aromatic N) is 3. The lowest BCUT2D eigenvalue weighted by Crippen LogP contribution is -2.41. The van der Waals surface area contributed by atoms with Crippen LogP contribution in [0.1, 0.15) is 57.4 Å². The zero-order chi connectivity index (χ0) is 25.7. The van der Waals surface area contributed by atoms with Crippen LogP contribution in [0.3, 0.4) is 0 Å². The second-order valence-electron chi connectivity index (χ2n) is 10.1. The molecule has 0 bridgehead atoms. The first-order valence-electron chi connectivity index (χ1n) is 13.2. The van der Waals surface area contributed by atoms with E-state index in [1.807, 2.05) is 48.5 Å². The standard InChI is InChI=1S/C29H34FN5OS/c1-21-9-5-8-18-35(21)25-19-26(36-24-10-3-2-4-11-24)33-27(32-25)34-28(37)31-20-29(16-6-7-17-29)22-12-14-23(30)15-13-22/h2-4,10-15,19,21H,5-9,16-18,20H2,1H3,(H2,31,32,33,34,37). The minimum Gasteiger partial charge on any atom is -0.439 e. The molecule has 0 amide bonds. The van der Waals surface area contributed by atoms with Gasteiger partial charge < -0.3 is 20.3 Å². The Kier molecular flexibility index (Phi) is 7.84. The minimum atomic E-state index is -0.212. The van der Waals surface area contributed by atoms with Crippen LogP contribution < -0.4 is 20.3 Å². The summed E-state index contributed by atoms with van der Waals surface area (Å²) < 4.78 is 19.6. The van der Waals surface area contributed by atoms with Gasteiger partial charge in [0.25, 0.3) is 0 Å². The van der Waals surface area contributed by atoms with Gasteiger partial charge in [0.2, 0.25) is 11.8 Å². The zero-order valence-electron chi connectivity index (χ0n) is 21.3. The van der Waals surface area contributed by atoms with Gasteiger partial charge in [-0.3, -0.25) is 0 Å². The Balaban J connectivity index is 1.33. The number of hydrogen-bond acceptors (Lipinski definition) is 5. The quantitative estimate of drug-likeness (QED) is 0.342. The Labute approximate surface area is 223 Å². The molecule has 1 atom stereocenters. The Morgan fingerprint density at radius 3 is 2.54 bits per heavy atom. The third kappa shape index (κ3) is 6.18. The Morgan fingerprint density at radius 1 is 1.05 bits per heavy atom. The topological polar surface area (TPSA) is 62.3 Å². The fourth-order valence-corrected chi connectivity index (χ4v) is 5.70. The van der Waals surface area contributed by atoms with E-state index in [2.05, 4.69) is 27.4 Å². The van der Waals surface area contributed by atoms with Gasteiger partial charge in [-0.15, -0.1) is 0 Å². The van der Waals surface area contributed by atoms with Crippen molar-refractivity contribution in [2.45, 2.75) is 63.3 Å². The zero-order valence-corrected chi connectivity index (χ0v) is 22.1. The summed E-state index contributed by atoms with van der Waals surface area (Å²) in [4.78, 5) is 11.7. The number of ether oxygens (including phenoxy) is 1. The molecule has 0 radical (unpaired) electrons. The lowest BCUT2D eigenvalue weighted by Gasteiger charge is -2.34. The van der Waals surface area contributed by atoms with Crippen molar-refractivity contribution in [2.24, 2.45) is 0 Å². The maximum absolute atomic E-state index is 13.5. The van der Waals surface area contributed by atoms with Crippen LogP contribution in [0.5, 0.6) is 11.6 Å². The maximum atomic E-state index is 13.5. The van der Waals surface area contributed by atoms with Gasteiger partial charge in [0.1, 0.15) is 17.4 Å². The van der Waals surface area contributed by atoms with Crippen LogP contribution >= 0.6 is 12.2 Å². The lowest BCUT2D eigenvalue weighted by atomic mass is 9.79. The molecule has 194 valence electrons. The number of halogens is 1. The van der Waals surface area contributed by atoms with Crippen molar-refractivity contribution in [3.05, 3.63) is 72.0 Å². The van der Waals surface area contributed by atoms with Crippen molar-refractivity contribution in [2.75, 3.05) is 23.3 Å². The monoisotopic (exact) mass is 519 g/mol. The van der Waals surface area contributed by atoms with E-state index < -0.39 is 0 Å². The summed E-state index contributed by atoms with van der Waals surface area (Å²) >= 11 is 5.67. The molecular formula is C29H34FN5OS. The molecule has 2 heterocycles. The van der Waals surface area contributed by atoms with E-state index in [1.165, 1.54) is 6.42 Å². The van der Waals surface area contributed by atoms with Gasteiger partial charge in [0.05, 0.1) is 0 Å². The first kappa shape index (κ1) is 25.4. The van der Waals surface area contributed by atoms with Crippen LogP contribution in [-0.2, 0) is 5.41 Å². The Bertz CT molecular complexity index is 1200. The van der Waals surface area contributed by atoms with E-state index in [4.69, 9.17) is 21.9 Å². The third-order valence-electron chi connectivity index (χ3n) is 7.58. The summed E-state index contributed by atoms with van der Waals surface area (Å²) in [6, 6.07) is 18.8. The smallest absolute Gasteiger partial charge is 0.234 e. The SMILES string of the molecule is CC1CCCCN1c1cc(Oc2ccccc2)nc(NC(=S)NCC2(c3ccc(F)cc3)CCCC2)n1. The summed E-state index contributed by atoms with van der Waals surface area (Å²) in [5, 5.41) is 7.05. The molecule has 2 aromatic carbocycles. The van der Waals surface area contributed by atoms with Crippen LogP contribution in [0.2, 0.25) is 0 Å². The molecule has 1 saturated carbocycles. The van der Waals surface area contributed by atoms with Crippen LogP contribution in [-0.4, -0.2) is 34.2 Å². The number of thiocarbonyl (C=S) groups is 1. The molecule has 1 saturated heterocycles. The fraction of sp³-hybridized carbons (Fsp3) is 0.414. The second-order valence-corrected chi connectivity index (χ2v) is 10.6. The average molecular weight is 520 g/mol. The van der Waals surface area contributed by atoms with E-state index in [0.717, 1.165) is 56.5 Å². The van der Waals surface area contributed by atoms with Crippen molar-refractivity contribution in [1.82, 2.24) is 15.3 Å². The Morgan fingerprint density at radius 2 is 1.81 bits per heavy atom. The number of nitrogens with one attached hydrogen (secondary N) is 2. The van der Waals surface area contributed by atoms with E-state index in [-0.39, 0.29) is 11.2 Å². The fourth-order valence-electron chi connectivity index (χ4n) is 5.53. The third-order valence-corrected chi connectivity index (χ3v) is 7.83. The predicted octanol–water partition coefficient (Wildman–Crippen LogP) is 6.59. The van der Waals surface area contributed by atoms with Crippen molar-refractivity contribution >= 4 is 29.1 Å². The summed E-state index contributed by atoms with van der Waals surface area (Å²) in [6.45, 7) is 3.85. The van der Waals surface area contributed by atoms with Crippen LogP contribution in [0.4, 0.5) is 16.2 Å². The molecule has 5 rings (SSSR count). The molecule has 1 aliphatic heterocycles. The summed E-state index contributed by atoms with van der Waals surface area (Å²) in [5.74, 6) is 2.21. The second kappa shape index (κ2) is 11.4. The molecule has 37 heavy (non-hydrogen) atoms. The highest BCUT2D eigenvalue weighted by molar-refractivity contribution is 7.80. The highest BCUT2D eigenvalue weighted by Crippen LogP contribution is 2.40. The van der Waals surface area contributed by atoms with Gasteiger partial charge in [0.15, 0.2) is 5.11 Å². The number of benzene rings is 2. The molecular weight excluding hydrogens is 485 g/mol. The van der Waals surface area contributed by atoms with Gasteiger partial charge in [-0.25, -0.2) is 4.39 Å². The van der Waals surface area contributed by atoms with Crippen molar-refractivity contribution in [3.8, 4) is 11.6 Å². The van der Waals surface area contributed by atoms with Gasteiger partial charge in [0, 0.05) is 30.6 Å². The number of piperidine rings is 1. The minimum absolute atomic E-state index is 0.0625. The van der Waals surface area contributed by atoms with E-state index in [1.54, 1.807) is 12.1 Å². The number of anilines is 2.